The molecule has 0 saturated carbocycles. The van der Waals surface area contributed by atoms with Crippen molar-refractivity contribution in [2.24, 2.45) is 0 Å². The highest BCUT2D eigenvalue weighted by molar-refractivity contribution is 6.04. The van der Waals surface area contributed by atoms with Crippen molar-refractivity contribution < 1.29 is 18.0 Å². The second-order valence-corrected chi connectivity index (χ2v) is 7.23. The van der Waals surface area contributed by atoms with Gasteiger partial charge in [-0.1, -0.05) is 6.07 Å². The number of carbonyl (C=O) groups is 1. The molecule has 1 N–H and O–H groups in total. The van der Waals surface area contributed by atoms with Crippen molar-refractivity contribution >= 4 is 23.4 Å². The number of nitrogens with zero attached hydrogens (tertiary/aromatic N) is 6. The molecule has 5 heterocycles. The number of anilines is 3. The van der Waals surface area contributed by atoms with Crippen molar-refractivity contribution in [2.75, 3.05) is 28.2 Å². The lowest BCUT2D eigenvalue weighted by atomic mass is 10.1. The molecule has 3 aromatic heterocycles. The van der Waals surface area contributed by atoms with Crippen LogP contribution in [0.4, 0.5) is 35.3 Å². The predicted octanol–water partition coefficient (Wildman–Crippen LogP) is 3.58. The van der Waals surface area contributed by atoms with Gasteiger partial charge in [-0.05, 0) is 36.8 Å². The van der Waals surface area contributed by atoms with Crippen LogP contribution in [0.3, 0.4) is 0 Å². The van der Waals surface area contributed by atoms with Gasteiger partial charge in [-0.3, -0.25) is 10.2 Å². The molecule has 31 heavy (non-hydrogen) atoms. The van der Waals surface area contributed by atoms with Gasteiger partial charge in [-0.25, -0.2) is 24.7 Å². The summed E-state index contributed by atoms with van der Waals surface area (Å²) in [6.07, 6.45) is -0.963. The first kappa shape index (κ1) is 19.2. The molecule has 0 aliphatic carbocycles. The fourth-order valence-electron chi connectivity index (χ4n) is 3.88. The quantitative estimate of drug-likeness (QED) is 0.673. The zero-order valence-electron chi connectivity index (χ0n) is 16.0. The Morgan fingerprint density at radius 2 is 1.94 bits per heavy atom. The van der Waals surface area contributed by atoms with E-state index in [0.29, 0.717) is 18.2 Å². The normalized spacial score (nSPS) is 17.5. The van der Waals surface area contributed by atoms with Crippen LogP contribution in [-0.4, -0.2) is 45.1 Å². The van der Waals surface area contributed by atoms with Crippen molar-refractivity contribution in [3.63, 3.8) is 0 Å². The lowest BCUT2D eigenvalue weighted by Gasteiger charge is -2.35. The Bertz CT molecular complexity index is 1140. The highest BCUT2D eigenvalue weighted by Crippen LogP contribution is 2.40. The fourth-order valence-corrected chi connectivity index (χ4v) is 3.88. The molecule has 8 nitrogen and oxygen atoms in total. The highest BCUT2D eigenvalue weighted by Gasteiger charge is 2.40. The first-order chi connectivity index (χ1) is 14.9. The van der Waals surface area contributed by atoms with Gasteiger partial charge in [0.15, 0.2) is 5.82 Å². The lowest BCUT2D eigenvalue weighted by Crippen LogP contribution is -2.48. The molecule has 5 rings (SSSR count). The maximum Gasteiger partial charge on any atom is 0.433 e. The van der Waals surface area contributed by atoms with E-state index >= 15 is 0 Å². The van der Waals surface area contributed by atoms with Gasteiger partial charge >= 0.3 is 12.2 Å². The maximum absolute atomic E-state index is 13.1. The van der Waals surface area contributed by atoms with Crippen LogP contribution in [0.25, 0.3) is 11.4 Å². The summed E-state index contributed by atoms with van der Waals surface area (Å²) >= 11 is 0. The number of aromatic nitrogens is 4. The van der Waals surface area contributed by atoms with Crippen LogP contribution in [0.2, 0.25) is 0 Å². The minimum Gasteiger partial charge on any atom is -0.366 e. The third kappa shape index (κ3) is 3.51. The number of hydrogen-bond donors (Lipinski definition) is 1. The second kappa shape index (κ2) is 7.18. The zero-order valence-corrected chi connectivity index (χ0v) is 16.0. The Kier molecular flexibility index (Phi) is 4.45. The van der Waals surface area contributed by atoms with Crippen molar-refractivity contribution in [1.29, 1.82) is 0 Å². The van der Waals surface area contributed by atoms with E-state index in [-0.39, 0.29) is 17.4 Å². The van der Waals surface area contributed by atoms with Gasteiger partial charge in [0.25, 0.3) is 0 Å². The van der Waals surface area contributed by atoms with E-state index in [1.165, 1.54) is 24.7 Å². The van der Waals surface area contributed by atoms with Crippen LogP contribution in [-0.2, 0) is 6.18 Å². The molecular formula is C20H16F3N7O. The molecule has 0 aromatic carbocycles. The minimum atomic E-state index is -4.56. The number of nitrogens with one attached hydrogen (secondary N) is 1. The Morgan fingerprint density at radius 1 is 1.10 bits per heavy atom. The summed E-state index contributed by atoms with van der Waals surface area (Å²) in [5, 5.41) is 2.74. The molecule has 158 valence electrons. The molecule has 0 radical (unpaired) electrons. The smallest absolute Gasteiger partial charge is 0.366 e. The molecule has 1 atom stereocenters. The van der Waals surface area contributed by atoms with Gasteiger partial charge in [-0.15, -0.1) is 0 Å². The number of amides is 2. The SMILES string of the molecule is O=C(Nc1ccncn1)N1c2nc(-c3cccc(C(F)(F)F)n3)ccc2N2CC[C@H]1C2. The average molecular weight is 427 g/mol. The Hall–Kier alpha value is -3.76. The maximum atomic E-state index is 13.1. The first-order valence-electron chi connectivity index (χ1n) is 9.57. The van der Waals surface area contributed by atoms with Gasteiger partial charge in [0.05, 0.1) is 23.1 Å². The second-order valence-electron chi connectivity index (χ2n) is 7.23. The number of carbonyl (C=O) groups excluding carboxylic acids is 1. The molecule has 0 spiro atoms. The average Bonchev–Trinajstić information content (AvgIpc) is 3.18. The number of pyridine rings is 2. The minimum absolute atomic E-state index is 0.0849. The number of halogens is 3. The molecule has 2 amide bonds. The standard InChI is InChI=1S/C20H16F3N7O/c21-20(22,23)16-3-1-2-13(26-16)14-4-5-15-18(27-14)30(12-7-9-29(15)10-12)19(31)28-17-6-8-24-11-25-17/h1-6,8,11-12H,7,9-10H2,(H,24,25,28,31)/t12-/m0/s1. The van der Waals surface area contributed by atoms with Crippen LogP contribution < -0.4 is 15.1 Å². The van der Waals surface area contributed by atoms with E-state index in [1.807, 2.05) is 0 Å². The van der Waals surface area contributed by atoms with Crippen molar-refractivity contribution in [2.45, 2.75) is 18.6 Å². The van der Waals surface area contributed by atoms with E-state index < -0.39 is 17.9 Å². The number of alkyl halides is 3. The summed E-state index contributed by atoms with van der Waals surface area (Å²) in [7, 11) is 0. The number of rotatable bonds is 2. The van der Waals surface area contributed by atoms with Gasteiger partial charge in [0, 0.05) is 19.3 Å². The topological polar surface area (TPSA) is 87.1 Å². The van der Waals surface area contributed by atoms with Crippen LogP contribution in [0.5, 0.6) is 0 Å². The van der Waals surface area contributed by atoms with Gasteiger partial charge < -0.3 is 4.90 Å². The Balaban J connectivity index is 1.54. The largest absolute Gasteiger partial charge is 0.433 e. The molecule has 11 heteroatoms. The lowest BCUT2D eigenvalue weighted by molar-refractivity contribution is -0.141. The molecule has 1 saturated heterocycles. The Labute approximate surface area is 174 Å². The van der Waals surface area contributed by atoms with E-state index in [1.54, 1.807) is 23.1 Å². The number of fused-ring (bicyclic) bond motifs is 4. The fraction of sp³-hybridized carbons (Fsp3) is 0.250. The van der Waals surface area contributed by atoms with Gasteiger partial charge in [-0.2, -0.15) is 13.2 Å². The molecule has 1 fully saturated rings. The third-order valence-corrected chi connectivity index (χ3v) is 5.29. The van der Waals surface area contributed by atoms with Crippen LogP contribution in [0.15, 0.2) is 48.9 Å². The zero-order chi connectivity index (χ0) is 21.6. The van der Waals surface area contributed by atoms with Crippen LogP contribution >= 0.6 is 0 Å². The molecule has 2 bridgehead atoms. The summed E-state index contributed by atoms with van der Waals surface area (Å²) in [6, 6.07) is 8.12. The number of urea groups is 1. The molecule has 2 aliphatic rings. The summed E-state index contributed by atoms with van der Waals surface area (Å²) in [5.74, 6) is 0.731. The van der Waals surface area contributed by atoms with Crippen LogP contribution in [0.1, 0.15) is 12.1 Å². The summed E-state index contributed by atoms with van der Waals surface area (Å²) in [6.45, 7) is 1.42. The summed E-state index contributed by atoms with van der Waals surface area (Å²) < 4.78 is 39.2. The van der Waals surface area contributed by atoms with Crippen molar-refractivity contribution in [3.8, 4) is 11.4 Å². The molecule has 3 aromatic rings. The van der Waals surface area contributed by atoms with E-state index in [4.69, 9.17) is 0 Å². The monoisotopic (exact) mass is 427 g/mol. The molecular weight excluding hydrogens is 411 g/mol. The molecule has 0 unspecified atom stereocenters. The van der Waals surface area contributed by atoms with Crippen molar-refractivity contribution in [3.05, 3.63) is 54.6 Å². The van der Waals surface area contributed by atoms with Crippen molar-refractivity contribution in [1.82, 2.24) is 19.9 Å². The first-order valence-corrected chi connectivity index (χ1v) is 9.57. The predicted molar refractivity (Wildman–Crippen MR) is 107 cm³/mol. The number of hydrogen-bond acceptors (Lipinski definition) is 6. The van der Waals surface area contributed by atoms with E-state index in [2.05, 4.69) is 30.2 Å². The van der Waals surface area contributed by atoms with Crippen LogP contribution in [0, 0.1) is 0 Å². The summed E-state index contributed by atoms with van der Waals surface area (Å²) in [4.78, 5) is 32.9. The van der Waals surface area contributed by atoms with Gasteiger partial charge in [0.2, 0.25) is 0 Å². The highest BCUT2D eigenvalue weighted by atomic mass is 19.4. The summed E-state index contributed by atoms with van der Waals surface area (Å²) in [5.41, 5.74) is 0.0999. The molecule has 2 aliphatic heterocycles. The van der Waals surface area contributed by atoms with E-state index in [9.17, 15) is 18.0 Å². The Morgan fingerprint density at radius 3 is 2.71 bits per heavy atom. The third-order valence-electron chi connectivity index (χ3n) is 5.29. The van der Waals surface area contributed by atoms with E-state index in [0.717, 1.165) is 24.7 Å². The van der Waals surface area contributed by atoms with Gasteiger partial charge in [0.1, 0.15) is 17.8 Å².